The van der Waals surface area contributed by atoms with Gasteiger partial charge in [0.25, 0.3) is 0 Å². The number of pyridine rings is 1. The predicted octanol–water partition coefficient (Wildman–Crippen LogP) is 3.46. The summed E-state index contributed by atoms with van der Waals surface area (Å²) < 4.78 is 1.90. The maximum Gasteiger partial charge on any atom is 0.234 e. The van der Waals surface area contributed by atoms with E-state index in [1.807, 2.05) is 16.7 Å². The van der Waals surface area contributed by atoms with Gasteiger partial charge in [0.2, 0.25) is 5.91 Å². The van der Waals surface area contributed by atoms with E-state index in [2.05, 4.69) is 27.1 Å². The highest BCUT2D eigenvalue weighted by atomic mass is 32.2. The van der Waals surface area contributed by atoms with Crippen LogP contribution in [0.4, 0.5) is 5.69 Å². The number of aromatic nitrogens is 4. The number of nitrogens with one attached hydrogen (secondary N) is 1. The van der Waals surface area contributed by atoms with Crippen LogP contribution in [0, 0.1) is 0 Å². The smallest absolute Gasteiger partial charge is 0.234 e. The van der Waals surface area contributed by atoms with Crippen molar-refractivity contribution < 1.29 is 9.59 Å². The number of anilines is 1. The number of rotatable bonds is 8. The SMILES string of the molecule is C=CCn1c(SCC(=O)Nc2ccc(C(C)=O)cc2)nnc1-c1ccncc1. The fourth-order valence-corrected chi connectivity index (χ4v) is 3.27. The van der Waals surface area contributed by atoms with Crippen LogP contribution in [-0.2, 0) is 11.3 Å². The Bertz CT molecular complexity index is 984. The quantitative estimate of drug-likeness (QED) is 0.358. The summed E-state index contributed by atoms with van der Waals surface area (Å²) in [5, 5.41) is 11.9. The van der Waals surface area contributed by atoms with Gasteiger partial charge in [-0.2, -0.15) is 0 Å². The molecule has 0 aliphatic carbocycles. The van der Waals surface area contributed by atoms with Crippen molar-refractivity contribution in [1.82, 2.24) is 19.7 Å². The number of nitrogens with zero attached hydrogens (tertiary/aromatic N) is 4. The van der Waals surface area contributed by atoms with Crippen LogP contribution in [0.1, 0.15) is 17.3 Å². The fraction of sp³-hybridized carbons (Fsp3) is 0.150. The Balaban J connectivity index is 1.66. The minimum Gasteiger partial charge on any atom is -0.325 e. The number of hydrogen-bond acceptors (Lipinski definition) is 6. The zero-order valence-electron chi connectivity index (χ0n) is 15.3. The summed E-state index contributed by atoms with van der Waals surface area (Å²) in [5.41, 5.74) is 2.14. The van der Waals surface area contributed by atoms with Crippen LogP contribution in [0.25, 0.3) is 11.4 Å². The van der Waals surface area contributed by atoms with Gasteiger partial charge in [0.15, 0.2) is 16.8 Å². The molecule has 3 rings (SSSR count). The third kappa shape index (κ3) is 4.72. The molecule has 0 atom stereocenters. The molecule has 0 aliphatic heterocycles. The number of benzene rings is 1. The summed E-state index contributed by atoms with van der Waals surface area (Å²) in [6, 6.07) is 10.5. The number of Topliss-reactive ketones (excluding diaryl/α,β-unsaturated/α-hetero) is 1. The average molecular weight is 393 g/mol. The Labute approximate surface area is 166 Å². The molecule has 2 aromatic heterocycles. The van der Waals surface area contributed by atoms with E-state index in [-0.39, 0.29) is 17.4 Å². The number of thioether (sulfide) groups is 1. The normalized spacial score (nSPS) is 10.5. The van der Waals surface area contributed by atoms with Crippen LogP contribution in [0.2, 0.25) is 0 Å². The molecule has 28 heavy (non-hydrogen) atoms. The summed E-state index contributed by atoms with van der Waals surface area (Å²) in [6.07, 6.45) is 5.15. The Morgan fingerprint density at radius 1 is 1.14 bits per heavy atom. The highest BCUT2D eigenvalue weighted by Gasteiger charge is 2.15. The average Bonchev–Trinajstić information content (AvgIpc) is 3.10. The van der Waals surface area contributed by atoms with Crippen molar-refractivity contribution >= 4 is 29.1 Å². The van der Waals surface area contributed by atoms with Gasteiger partial charge < -0.3 is 5.32 Å². The molecular weight excluding hydrogens is 374 g/mol. The highest BCUT2D eigenvalue weighted by molar-refractivity contribution is 7.99. The topological polar surface area (TPSA) is 89.8 Å². The molecule has 0 saturated heterocycles. The summed E-state index contributed by atoms with van der Waals surface area (Å²) >= 11 is 1.30. The van der Waals surface area contributed by atoms with Crippen LogP contribution < -0.4 is 5.32 Å². The molecule has 1 N–H and O–H groups in total. The van der Waals surface area contributed by atoms with Gasteiger partial charge >= 0.3 is 0 Å². The van der Waals surface area contributed by atoms with Crippen molar-refractivity contribution in [2.45, 2.75) is 18.6 Å². The first-order valence-electron chi connectivity index (χ1n) is 8.56. The molecule has 0 spiro atoms. The zero-order valence-corrected chi connectivity index (χ0v) is 16.1. The summed E-state index contributed by atoms with van der Waals surface area (Å²) in [6.45, 7) is 5.81. The molecule has 7 nitrogen and oxygen atoms in total. The standard InChI is InChI=1S/C20H19N5O2S/c1-3-12-25-19(16-8-10-21-11-9-16)23-24-20(25)28-13-18(27)22-17-6-4-15(5-7-17)14(2)26/h3-11H,1,12-13H2,2H3,(H,22,27). The van der Waals surface area contributed by atoms with Gasteiger partial charge in [-0.15, -0.1) is 16.8 Å². The first-order valence-corrected chi connectivity index (χ1v) is 9.55. The number of ketones is 1. The molecule has 0 aliphatic rings. The van der Waals surface area contributed by atoms with Gasteiger partial charge in [-0.25, -0.2) is 0 Å². The largest absolute Gasteiger partial charge is 0.325 e. The Morgan fingerprint density at radius 3 is 2.50 bits per heavy atom. The van der Waals surface area contributed by atoms with Crippen LogP contribution in [0.3, 0.4) is 0 Å². The van der Waals surface area contributed by atoms with E-state index in [1.54, 1.807) is 42.7 Å². The first-order chi connectivity index (χ1) is 13.6. The van der Waals surface area contributed by atoms with Crippen molar-refractivity contribution in [2.24, 2.45) is 0 Å². The lowest BCUT2D eigenvalue weighted by molar-refractivity contribution is -0.113. The van der Waals surface area contributed by atoms with E-state index in [0.29, 0.717) is 28.8 Å². The summed E-state index contributed by atoms with van der Waals surface area (Å²) in [4.78, 5) is 27.6. The monoisotopic (exact) mass is 393 g/mol. The van der Waals surface area contributed by atoms with Crippen LogP contribution in [0.5, 0.6) is 0 Å². The van der Waals surface area contributed by atoms with Crippen molar-refractivity contribution in [3.05, 3.63) is 67.0 Å². The molecule has 2 heterocycles. The molecule has 0 radical (unpaired) electrons. The fourth-order valence-electron chi connectivity index (χ4n) is 2.52. The number of carbonyl (C=O) groups is 2. The van der Waals surface area contributed by atoms with E-state index < -0.39 is 0 Å². The minimum atomic E-state index is -0.167. The van der Waals surface area contributed by atoms with Gasteiger partial charge in [-0.3, -0.25) is 19.1 Å². The summed E-state index contributed by atoms with van der Waals surface area (Å²) in [5.74, 6) is 0.698. The maximum atomic E-state index is 12.3. The molecular formula is C20H19N5O2S. The Morgan fingerprint density at radius 2 is 1.86 bits per heavy atom. The lowest BCUT2D eigenvalue weighted by Crippen LogP contribution is -2.14. The van der Waals surface area contributed by atoms with Gasteiger partial charge in [-0.1, -0.05) is 17.8 Å². The third-order valence-electron chi connectivity index (χ3n) is 3.87. The van der Waals surface area contributed by atoms with Crippen LogP contribution in [-0.4, -0.2) is 37.2 Å². The van der Waals surface area contributed by atoms with Gasteiger partial charge in [-0.05, 0) is 43.3 Å². The van der Waals surface area contributed by atoms with Crippen LogP contribution >= 0.6 is 11.8 Å². The number of amides is 1. The van der Waals surface area contributed by atoms with Crippen molar-refractivity contribution in [3.8, 4) is 11.4 Å². The Kier molecular flexibility index (Phi) is 6.33. The molecule has 8 heteroatoms. The highest BCUT2D eigenvalue weighted by Crippen LogP contribution is 2.24. The lowest BCUT2D eigenvalue weighted by Gasteiger charge is -2.08. The van der Waals surface area contributed by atoms with E-state index >= 15 is 0 Å². The maximum absolute atomic E-state index is 12.3. The molecule has 0 saturated carbocycles. The van der Waals surface area contributed by atoms with Crippen molar-refractivity contribution in [1.29, 1.82) is 0 Å². The molecule has 0 fully saturated rings. The third-order valence-corrected chi connectivity index (χ3v) is 4.84. The summed E-state index contributed by atoms with van der Waals surface area (Å²) in [7, 11) is 0. The molecule has 142 valence electrons. The molecule has 0 bridgehead atoms. The molecule has 1 aromatic carbocycles. The molecule has 1 amide bonds. The van der Waals surface area contributed by atoms with E-state index in [0.717, 1.165) is 5.56 Å². The van der Waals surface area contributed by atoms with E-state index in [9.17, 15) is 9.59 Å². The van der Waals surface area contributed by atoms with Gasteiger partial charge in [0, 0.05) is 35.8 Å². The zero-order chi connectivity index (χ0) is 19.9. The van der Waals surface area contributed by atoms with Crippen molar-refractivity contribution in [3.63, 3.8) is 0 Å². The second-order valence-electron chi connectivity index (χ2n) is 5.91. The lowest BCUT2D eigenvalue weighted by atomic mass is 10.1. The molecule has 0 unspecified atom stereocenters. The minimum absolute atomic E-state index is 0.0139. The number of carbonyl (C=O) groups excluding carboxylic acids is 2. The second-order valence-corrected chi connectivity index (χ2v) is 6.85. The molecule has 3 aromatic rings. The van der Waals surface area contributed by atoms with E-state index in [1.165, 1.54) is 18.7 Å². The van der Waals surface area contributed by atoms with Gasteiger partial charge in [0.05, 0.1) is 5.75 Å². The van der Waals surface area contributed by atoms with Crippen LogP contribution in [0.15, 0.2) is 66.6 Å². The van der Waals surface area contributed by atoms with Gasteiger partial charge in [0.1, 0.15) is 0 Å². The van der Waals surface area contributed by atoms with E-state index in [4.69, 9.17) is 0 Å². The number of hydrogen-bond donors (Lipinski definition) is 1. The second kappa shape index (κ2) is 9.09. The predicted molar refractivity (Wildman–Crippen MR) is 109 cm³/mol. The first kappa shape index (κ1) is 19.5. The van der Waals surface area contributed by atoms with Crippen molar-refractivity contribution in [2.75, 3.05) is 11.1 Å². The number of allylic oxidation sites excluding steroid dienone is 1. The Hall–Kier alpha value is -3.26.